The van der Waals surface area contributed by atoms with Crippen molar-refractivity contribution in [1.29, 1.82) is 5.26 Å². The molecule has 1 nitrogen and oxygen atoms in total. The van der Waals surface area contributed by atoms with Gasteiger partial charge in [0.1, 0.15) is 0 Å². The molecule has 3 saturated carbocycles. The van der Waals surface area contributed by atoms with Crippen molar-refractivity contribution < 1.29 is 0 Å². The smallest absolute Gasteiger partial charge is 0.0658 e. The first-order valence-corrected chi connectivity index (χ1v) is 5.69. The molecule has 0 N–H and O–H groups in total. The van der Waals surface area contributed by atoms with E-state index in [9.17, 15) is 0 Å². The number of hydrogen-bond donors (Lipinski definition) is 0. The van der Waals surface area contributed by atoms with E-state index in [1.807, 2.05) is 0 Å². The summed E-state index contributed by atoms with van der Waals surface area (Å²) in [5.41, 5.74) is 0. The van der Waals surface area contributed by atoms with Gasteiger partial charge in [-0.3, -0.25) is 0 Å². The minimum atomic E-state index is 0.427. The van der Waals surface area contributed by atoms with Gasteiger partial charge in [0.25, 0.3) is 0 Å². The molecule has 6 unspecified atom stereocenters. The Labute approximate surface area is 80.1 Å². The summed E-state index contributed by atoms with van der Waals surface area (Å²) in [6, 6.07) is 2.52. The van der Waals surface area contributed by atoms with E-state index in [2.05, 4.69) is 13.0 Å². The van der Waals surface area contributed by atoms with E-state index in [4.69, 9.17) is 5.26 Å². The Morgan fingerprint density at radius 2 is 1.77 bits per heavy atom. The van der Waals surface area contributed by atoms with Crippen molar-refractivity contribution in [2.45, 2.75) is 32.6 Å². The van der Waals surface area contributed by atoms with Crippen LogP contribution in [0.3, 0.4) is 0 Å². The summed E-state index contributed by atoms with van der Waals surface area (Å²) < 4.78 is 0. The maximum absolute atomic E-state index is 9.02. The first kappa shape index (κ1) is 7.85. The molecule has 0 heterocycles. The van der Waals surface area contributed by atoms with Crippen LogP contribution in [0.4, 0.5) is 0 Å². The molecule has 0 radical (unpaired) electrons. The van der Waals surface area contributed by atoms with Crippen LogP contribution in [0.5, 0.6) is 0 Å². The predicted molar refractivity (Wildman–Crippen MR) is 50.7 cm³/mol. The monoisotopic (exact) mass is 175 g/mol. The highest BCUT2D eigenvalue weighted by atomic mass is 14.6. The molecule has 1 heteroatoms. The molecule has 0 aromatic carbocycles. The summed E-state index contributed by atoms with van der Waals surface area (Å²) in [7, 11) is 0. The summed E-state index contributed by atoms with van der Waals surface area (Å²) in [5.74, 6) is 5.06. The number of rotatable bonds is 0. The van der Waals surface area contributed by atoms with Crippen LogP contribution in [-0.2, 0) is 0 Å². The van der Waals surface area contributed by atoms with Gasteiger partial charge in [-0.1, -0.05) is 6.92 Å². The van der Waals surface area contributed by atoms with Crippen LogP contribution >= 0.6 is 0 Å². The zero-order valence-electron chi connectivity index (χ0n) is 8.24. The van der Waals surface area contributed by atoms with Crippen molar-refractivity contribution in [3.05, 3.63) is 0 Å². The molecular formula is C12H17N. The Hall–Kier alpha value is -0.510. The highest BCUT2D eigenvalue weighted by Crippen LogP contribution is 2.61. The minimum Gasteiger partial charge on any atom is -0.198 e. The first-order valence-electron chi connectivity index (χ1n) is 5.69. The fourth-order valence-electron chi connectivity index (χ4n) is 4.49. The van der Waals surface area contributed by atoms with Gasteiger partial charge in [-0.25, -0.2) is 0 Å². The highest BCUT2D eigenvalue weighted by Gasteiger charge is 2.55. The van der Waals surface area contributed by atoms with Crippen LogP contribution < -0.4 is 0 Å². The van der Waals surface area contributed by atoms with Crippen LogP contribution in [0.15, 0.2) is 0 Å². The molecule has 6 atom stereocenters. The molecule has 2 bridgehead atoms. The maximum atomic E-state index is 9.02. The first-order chi connectivity index (χ1) is 6.29. The third-order valence-electron chi connectivity index (χ3n) is 4.87. The average Bonchev–Trinajstić information content (AvgIpc) is 2.71. The van der Waals surface area contributed by atoms with Gasteiger partial charge >= 0.3 is 0 Å². The van der Waals surface area contributed by atoms with Crippen LogP contribution in [0.2, 0.25) is 0 Å². The minimum absolute atomic E-state index is 0.427. The van der Waals surface area contributed by atoms with Crippen molar-refractivity contribution in [2.75, 3.05) is 0 Å². The molecule has 3 rings (SSSR count). The van der Waals surface area contributed by atoms with Crippen molar-refractivity contribution in [3.63, 3.8) is 0 Å². The van der Waals surface area contributed by atoms with E-state index in [0.717, 1.165) is 29.6 Å². The molecule has 0 aliphatic heterocycles. The van der Waals surface area contributed by atoms with Gasteiger partial charge in [-0.05, 0) is 55.3 Å². The van der Waals surface area contributed by atoms with E-state index < -0.39 is 0 Å². The lowest BCUT2D eigenvalue weighted by atomic mass is 9.76. The van der Waals surface area contributed by atoms with Crippen molar-refractivity contribution in [3.8, 4) is 6.07 Å². The zero-order valence-corrected chi connectivity index (χ0v) is 8.24. The fraction of sp³-hybridized carbons (Fsp3) is 0.917. The van der Waals surface area contributed by atoms with Crippen molar-refractivity contribution in [1.82, 2.24) is 0 Å². The molecule has 0 aromatic heterocycles. The SMILES string of the molecule is CC1CC2C3CC(C#N)C(C3)C2C1. The van der Waals surface area contributed by atoms with Crippen LogP contribution in [0, 0.1) is 46.8 Å². The number of hydrogen-bond acceptors (Lipinski definition) is 1. The van der Waals surface area contributed by atoms with Crippen molar-refractivity contribution in [2.24, 2.45) is 35.5 Å². The van der Waals surface area contributed by atoms with Gasteiger partial charge in [0.05, 0.1) is 6.07 Å². The quantitative estimate of drug-likeness (QED) is 0.555. The van der Waals surface area contributed by atoms with E-state index in [0.29, 0.717) is 5.92 Å². The Morgan fingerprint density at radius 3 is 2.54 bits per heavy atom. The van der Waals surface area contributed by atoms with Gasteiger partial charge in [0, 0.05) is 5.92 Å². The maximum Gasteiger partial charge on any atom is 0.0658 e. The lowest BCUT2D eigenvalue weighted by Gasteiger charge is -2.27. The Morgan fingerprint density at radius 1 is 1.00 bits per heavy atom. The van der Waals surface area contributed by atoms with E-state index in [-0.39, 0.29) is 0 Å². The van der Waals surface area contributed by atoms with Crippen LogP contribution in [0.25, 0.3) is 0 Å². The molecule has 70 valence electrons. The summed E-state index contributed by atoms with van der Waals surface area (Å²) in [4.78, 5) is 0. The van der Waals surface area contributed by atoms with E-state index in [1.54, 1.807) is 0 Å². The summed E-state index contributed by atoms with van der Waals surface area (Å²) in [6.07, 6.45) is 5.50. The lowest BCUT2D eigenvalue weighted by molar-refractivity contribution is 0.222. The van der Waals surface area contributed by atoms with Crippen LogP contribution in [-0.4, -0.2) is 0 Å². The second-order valence-electron chi connectivity index (χ2n) is 5.54. The standard InChI is InChI=1S/C12H17N/c1-7-2-10-8-4-9(6-13)11(5-8)12(10)3-7/h7-12H,2-5H2,1H3. The third-order valence-corrected chi connectivity index (χ3v) is 4.87. The highest BCUT2D eigenvalue weighted by molar-refractivity contribution is 5.09. The Balaban J connectivity index is 1.86. The zero-order chi connectivity index (χ0) is 9.00. The van der Waals surface area contributed by atoms with Gasteiger partial charge < -0.3 is 0 Å². The largest absolute Gasteiger partial charge is 0.198 e. The number of nitriles is 1. The lowest BCUT2D eigenvalue weighted by Crippen LogP contribution is -2.23. The average molecular weight is 175 g/mol. The molecular weight excluding hydrogens is 158 g/mol. The summed E-state index contributed by atoms with van der Waals surface area (Å²) >= 11 is 0. The van der Waals surface area contributed by atoms with Gasteiger partial charge in [0.15, 0.2) is 0 Å². The molecule has 0 saturated heterocycles. The normalized spacial score (nSPS) is 57.8. The molecule has 3 fully saturated rings. The summed E-state index contributed by atoms with van der Waals surface area (Å²) in [6.45, 7) is 2.39. The van der Waals surface area contributed by atoms with Crippen LogP contribution in [0.1, 0.15) is 32.6 Å². The molecule has 0 amide bonds. The Bertz CT molecular complexity index is 265. The second kappa shape index (κ2) is 2.50. The topological polar surface area (TPSA) is 23.8 Å². The van der Waals surface area contributed by atoms with E-state index in [1.165, 1.54) is 25.7 Å². The Kier molecular flexibility index (Phi) is 1.51. The molecule has 3 aliphatic rings. The second-order valence-corrected chi connectivity index (χ2v) is 5.54. The fourth-order valence-corrected chi connectivity index (χ4v) is 4.49. The van der Waals surface area contributed by atoms with Crippen molar-refractivity contribution >= 4 is 0 Å². The van der Waals surface area contributed by atoms with E-state index >= 15 is 0 Å². The number of nitrogens with zero attached hydrogens (tertiary/aromatic N) is 1. The molecule has 3 aliphatic carbocycles. The van der Waals surface area contributed by atoms with Gasteiger partial charge in [-0.15, -0.1) is 0 Å². The van der Waals surface area contributed by atoms with Gasteiger partial charge in [0.2, 0.25) is 0 Å². The molecule has 0 spiro atoms. The number of fused-ring (bicyclic) bond motifs is 5. The molecule has 0 aromatic rings. The predicted octanol–water partition coefficient (Wildman–Crippen LogP) is 2.83. The third kappa shape index (κ3) is 0.923. The summed E-state index contributed by atoms with van der Waals surface area (Å²) in [5, 5.41) is 9.02. The molecule has 13 heavy (non-hydrogen) atoms. The van der Waals surface area contributed by atoms with Gasteiger partial charge in [-0.2, -0.15) is 5.26 Å².